The van der Waals surface area contributed by atoms with Gasteiger partial charge >= 0.3 is 6.01 Å². The molecule has 1 aromatic rings. The predicted molar refractivity (Wildman–Crippen MR) is 63.8 cm³/mol. The van der Waals surface area contributed by atoms with E-state index in [1.807, 2.05) is 13.8 Å². The zero-order valence-electron chi connectivity index (χ0n) is 10.2. The number of methoxy groups -OCH3 is 1. The lowest BCUT2D eigenvalue weighted by molar-refractivity contribution is 0.141. The van der Waals surface area contributed by atoms with E-state index in [0.717, 1.165) is 0 Å². The second kappa shape index (κ2) is 6.81. The summed E-state index contributed by atoms with van der Waals surface area (Å²) in [5.41, 5.74) is 2.35. The summed E-state index contributed by atoms with van der Waals surface area (Å²) in [6, 6.07) is 0.270. The third-order valence-electron chi connectivity index (χ3n) is 1.87. The summed E-state index contributed by atoms with van der Waals surface area (Å²) in [7, 11) is 1.48. The van der Waals surface area contributed by atoms with Crippen molar-refractivity contribution in [1.29, 1.82) is 0 Å². The molecule has 8 heteroatoms. The lowest BCUT2D eigenvalue weighted by atomic mass is 10.4. The van der Waals surface area contributed by atoms with Crippen LogP contribution in [0.15, 0.2) is 0 Å². The van der Waals surface area contributed by atoms with Gasteiger partial charge in [-0.05, 0) is 13.8 Å². The fourth-order valence-corrected chi connectivity index (χ4v) is 1.13. The van der Waals surface area contributed by atoms with Crippen LogP contribution >= 0.6 is 0 Å². The molecule has 0 amide bonds. The van der Waals surface area contributed by atoms with Crippen molar-refractivity contribution in [3.05, 3.63) is 0 Å². The first kappa shape index (κ1) is 13.4. The lowest BCUT2D eigenvalue weighted by Crippen LogP contribution is -2.24. The minimum absolute atomic E-state index is 0.0766. The third kappa shape index (κ3) is 4.37. The lowest BCUT2D eigenvalue weighted by Gasteiger charge is -2.14. The molecule has 96 valence electrons. The number of aromatic nitrogens is 3. The van der Waals surface area contributed by atoms with Crippen LogP contribution in [0, 0.1) is 0 Å². The predicted octanol–water partition coefficient (Wildman–Crippen LogP) is 0.00270. The summed E-state index contributed by atoms with van der Waals surface area (Å²) >= 11 is 0. The Morgan fingerprint density at radius 3 is 2.59 bits per heavy atom. The van der Waals surface area contributed by atoms with Gasteiger partial charge in [-0.1, -0.05) is 0 Å². The van der Waals surface area contributed by atoms with Crippen molar-refractivity contribution >= 4 is 11.9 Å². The van der Waals surface area contributed by atoms with Crippen molar-refractivity contribution in [2.75, 3.05) is 31.1 Å². The van der Waals surface area contributed by atoms with Gasteiger partial charge in [-0.15, -0.1) is 0 Å². The highest BCUT2D eigenvalue weighted by molar-refractivity contribution is 5.35. The maximum atomic E-state index is 5.28. The smallest absolute Gasteiger partial charge is 0.322 e. The van der Waals surface area contributed by atoms with Gasteiger partial charge in [0.1, 0.15) is 0 Å². The van der Waals surface area contributed by atoms with Crippen molar-refractivity contribution in [3.63, 3.8) is 0 Å². The highest BCUT2D eigenvalue weighted by Gasteiger charge is 2.08. The topological polar surface area (TPSA) is 107 Å². The van der Waals surface area contributed by atoms with E-state index in [2.05, 4.69) is 25.7 Å². The van der Waals surface area contributed by atoms with Crippen molar-refractivity contribution < 1.29 is 9.47 Å². The van der Waals surface area contributed by atoms with E-state index in [4.69, 9.17) is 15.3 Å². The summed E-state index contributed by atoms with van der Waals surface area (Å²) in [5.74, 6) is 5.87. The Morgan fingerprint density at radius 2 is 2.00 bits per heavy atom. The van der Waals surface area contributed by atoms with Gasteiger partial charge < -0.3 is 14.8 Å². The van der Waals surface area contributed by atoms with Gasteiger partial charge in [-0.3, -0.25) is 5.43 Å². The maximum Gasteiger partial charge on any atom is 0.322 e. The van der Waals surface area contributed by atoms with Crippen molar-refractivity contribution in [2.24, 2.45) is 5.84 Å². The molecule has 0 radical (unpaired) electrons. The molecule has 0 fully saturated rings. The molecule has 0 aliphatic rings. The first-order valence-electron chi connectivity index (χ1n) is 5.30. The van der Waals surface area contributed by atoms with Gasteiger partial charge in [-0.25, -0.2) is 5.84 Å². The molecule has 0 aromatic carbocycles. The summed E-state index contributed by atoms with van der Waals surface area (Å²) < 4.78 is 10.2. The summed E-state index contributed by atoms with van der Waals surface area (Å²) in [6.07, 6.45) is 0. The molecule has 1 heterocycles. The number of nitrogens with one attached hydrogen (secondary N) is 2. The highest BCUT2D eigenvalue weighted by atomic mass is 16.5. The van der Waals surface area contributed by atoms with E-state index >= 15 is 0 Å². The zero-order chi connectivity index (χ0) is 12.7. The van der Waals surface area contributed by atoms with Crippen LogP contribution in [0.1, 0.15) is 13.8 Å². The second-order valence-corrected chi connectivity index (χ2v) is 3.32. The number of hydrazine groups is 1. The van der Waals surface area contributed by atoms with E-state index in [1.165, 1.54) is 7.11 Å². The van der Waals surface area contributed by atoms with Gasteiger partial charge in [0, 0.05) is 12.6 Å². The molecular weight excluding hydrogens is 224 g/mol. The molecule has 0 saturated carbocycles. The van der Waals surface area contributed by atoms with Crippen LogP contribution in [0.2, 0.25) is 0 Å². The van der Waals surface area contributed by atoms with Crippen molar-refractivity contribution in [2.45, 2.75) is 19.9 Å². The van der Waals surface area contributed by atoms with Crippen molar-refractivity contribution in [1.82, 2.24) is 15.0 Å². The van der Waals surface area contributed by atoms with Crippen LogP contribution in [0.25, 0.3) is 0 Å². The van der Waals surface area contributed by atoms with Gasteiger partial charge in [0.15, 0.2) is 0 Å². The molecule has 1 aromatic heterocycles. The second-order valence-electron chi connectivity index (χ2n) is 3.32. The summed E-state index contributed by atoms with van der Waals surface area (Å²) in [6.45, 7) is 5.13. The minimum Gasteiger partial charge on any atom is -0.467 e. The quantitative estimate of drug-likeness (QED) is 0.453. The molecule has 4 N–H and O–H groups in total. The monoisotopic (exact) mass is 242 g/mol. The molecule has 17 heavy (non-hydrogen) atoms. The standard InChI is InChI=1S/C9H18N6O2/c1-4-17-5-6(2)11-7-12-8(15-10)14-9(13-7)16-3/h6H,4-5,10H2,1-3H3,(H2,11,12,13,14,15). The molecular formula is C9H18N6O2. The number of rotatable bonds is 7. The molecule has 1 atom stereocenters. The van der Waals surface area contributed by atoms with Gasteiger partial charge in [-0.2, -0.15) is 15.0 Å². The van der Waals surface area contributed by atoms with E-state index in [0.29, 0.717) is 19.2 Å². The highest BCUT2D eigenvalue weighted by Crippen LogP contribution is 2.10. The van der Waals surface area contributed by atoms with E-state index < -0.39 is 0 Å². The van der Waals surface area contributed by atoms with Crippen LogP contribution in [0.4, 0.5) is 11.9 Å². The normalized spacial score (nSPS) is 12.0. The molecule has 0 aliphatic heterocycles. The number of hydrogen-bond acceptors (Lipinski definition) is 8. The van der Waals surface area contributed by atoms with Gasteiger partial charge in [0.05, 0.1) is 13.7 Å². The molecule has 1 rings (SSSR count). The first-order chi connectivity index (χ1) is 8.19. The number of anilines is 2. The largest absolute Gasteiger partial charge is 0.467 e. The number of nitrogens with two attached hydrogens (primary N) is 1. The molecule has 1 unspecified atom stereocenters. The average molecular weight is 242 g/mol. The Balaban J connectivity index is 2.68. The van der Waals surface area contributed by atoms with Crippen LogP contribution in [-0.4, -0.2) is 41.3 Å². The Labute approximate surface area is 99.9 Å². The average Bonchev–Trinajstić information content (AvgIpc) is 2.35. The van der Waals surface area contributed by atoms with E-state index in [1.54, 1.807) is 0 Å². The Bertz CT molecular complexity index is 326. The maximum absolute atomic E-state index is 5.28. The first-order valence-corrected chi connectivity index (χ1v) is 5.30. The van der Waals surface area contributed by atoms with Gasteiger partial charge in [0.2, 0.25) is 11.9 Å². The SMILES string of the molecule is CCOCC(C)Nc1nc(NN)nc(OC)n1. The van der Waals surface area contributed by atoms with E-state index in [-0.39, 0.29) is 18.0 Å². The third-order valence-corrected chi connectivity index (χ3v) is 1.87. The van der Waals surface area contributed by atoms with Crippen molar-refractivity contribution in [3.8, 4) is 6.01 Å². The zero-order valence-corrected chi connectivity index (χ0v) is 10.2. The number of ether oxygens (including phenoxy) is 2. The molecule has 0 saturated heterocycles. The Hall–Kier alpha value is -1.67. The number of hydrogen-bond donors (Lipinski definition) is 3. The summed E-state index contributed by atoms with van der Waals surface area (Å²) in [5, 5.41) is 3.06. The minimum atomic E-state index is 0.0766. The fraction of sp³-hybridized carbons (Fsp3) is 0.667. The van der Waals surface area contributed by atoms with Gasteiger partial charge in [0.25, 0.3) is 0 Å². The Morgan fingerprint density at radius 1 is 1.29 bits per heavy atom. The van der Waals surface area contributed by atoms with Crippen LogP contribution in [-0.2, 0) is 4.74 Å². The number of nitrogens with zero attached hydrogens (tertiary/aromatic N) is 3. The molecule has 0 bridgehead atoms. The number of nitrogen functional groups attached to an aromatic ring is 1. The van der Waals surface area contributed by atoms with Crippen LogP contribution < -0.4 is 21.3 Å². The Kier molecular flexibility index (Phi) is 5.37. The van der Waals surface area contributed by atoms with E-state index in [9.17, 15) is 0 Å². The fourth-order valence-electron chi connectivity index (χ4n) is 1.13. The molecule has 8 nitrogen and oxygen atoms in total. The molecule has 0 spiro atoms. The molecule has 0 aliphatic carbocycles. The van der Waals surface area contributed by atoms with Crippen LogP contribution in [0.5, 0.6) is 6.01 Å². The van der Waals surface area contributed by atoms with Crippen LogP contribution in [0.3, 0.4) is 0 Å². The summed E-state index contributed by atoms with van der Waals surface area (Å²) in [4.78, 5) is 12.0.